The van der Waals surface area contributed by atoms with Crippen LogP contribution in [0.3, 0.4) is 0 Å². The monoisotopic (exact) mass is 289 g/mol. The van der Waals surface area contributed by atoms with Crippen LogP contribution in [0, 0.1) is 12.3 Å². The third kappa shape index (κ3) is 3.03. The maximum atomic E-state index is 13.2. The van der Waals surface area contributed by atoms with Gasteiger partial charge in [-0.25, -0.2) is 0 Å². The highest BCUT2D eigenvalue weighted by Gasteiger charge is 2.33. The van der Waals surface area contributed by atoms with E-state index in [9.17, 15) is 13.2 Å². The Bertz CT molecular complexity index is 694. The number of halogens is 3. The Hall–Kier alpha value is -2.41. The average Bonchev–Trinajstić information content (AvgIpc) is 2.45. The number of benzene rings is 2. The van der Waals surface area contributed by atoms with Crippen LogP contribution in [0.1, 0.15) is 11.1 Å². The molecule has 0 unspecified atom stereocenters. The zero-order valence-corrected chi connectivity index (χ0v) is 11.7. The third-order valence-corrected chi connectivity index (χ3v) is 3.17. The van der Waals surface area contributed by atoms with Crippen LogP contribution in [0.25, 0.3) is 11.1 Å². The summed E-state index contributed by atoms with van der Waals surface area (Å²) >= 11 is 0. The Kier molecular flexibility index (Phi) is 3.95. The number of hydrogen-bond donors (Lipinski definition) is 0. The summed E-state index contributed by atoms with van der Waals surface area (Å²) in [4.78, 5) is 1.75. The number of anilines is 1. The van der Waals surface area contributed by atoms with Crippen LogP contribution in [0.4, 0.5) is 18.9 Å². The Morgan fingerprint density at radius 3 is 2.24 bits per heavy atom. The van der Waals surface area contributed by atoms with Crippen molar-refractivity contribution in [1.82, 2.24) is 0 Å². The third-order valence-electron chi connectivity index (χ3n) is 3.17. The Balaban J connectivity index is 2.71. The van der Waals surface area contributed by atoms with Crippen LogP contribution in [-0.2, 0) is 6.18 Å². The van der Waals surface area contributed by atoms with Crippen LogP contribution in [0.2, 0.25) is 0 Å². The van der Waals surface area contributed by atoms with Crippen molar-refractivity contribution in [3.8, 4) is 23.5 Å². The van der Waals surface area contributed by atoms with Gasteiger partial charge in [0.05, 0.1) is 5.56 Å². The molecule has 0 aliphatic heterocycles. The van der Waals surface area contributed by atoms with Gasteiger partial charge in [-0.15, -0.1) is 6.42 Å². The van der Waals surface area contributed by atoms with Gasteiger partial charge in [0.25, 0.3) is 0 Å². The maximum absolute atomic E-state index is 13.2. The summed E-state index contributed by atoms with van der Waals surface area (Å²) in [5, 5.41) is 0. The number of nitrogens with zero attached hydrogens (tertiary/aromatic N) is 1. The number of terminal acetylenes is 1. The van der Waals surface area contributed by atoms with Crippen LogP contribution in [-0.4, -0.2) is 14.1 Å². The van der Waals surface area contributed by atoms with Gasteiger partial charge in [0, 0.05) is 30.9 Å². The molecule has 2 aromatic carbocycles. The summed E-state index contributed by atoms with van der Waals surface area (Å²) in [5.74, 6) is 2.50. The quantitative estimate of drug-likeness (QED) is 0.740. The van der Waals surface area contributed by atoms with Crippen molar-refractivity contribution in [3.05, 3.63) is 53.6 Å². The predicted molar refractivity (Wildman–Crippen MR) is 79.1 cm³/mol. The second kappa shape index (κ2) is 5.53. The van der Waals surface area contributed by atoms with Gasteiger partial charge in [0.2, 0.25) is 0 Å². The smallest absolute Gasteiger partial charge is 0.377 e. The topological polar surface area (TPSA) is 3.24 Å². The summed E-state index contributed by atoms with van der Waals surface area (Å²) in [6.45, 7) is 0. The van der Waals surface area contributed by atoms with Gasteiger partial charge in [-0.3, -0.25) is 0 Å². The van der Waals surface area contributed by atoms with Crippen molar-refractivity contribution in [2.75, 3.05) is 19.0 Å². The zero-order chi connectivity index (χ0) is 15.6. The Labute approximate surface area is 122 Å². The van der Waals surface area contributed by atoms with E-state index in [4.69, 9.17) is 6.42 Å². The molecule has 0 aliphatic rings. The second-order valence-electron chi connectivity index (χ2n) is 4.81. The molecular weight excluding hydrogens is 275 g/mol. The van der Waals surface area contributed by atoms with Gasteiger partial charge >= 0.3 is 6.18 Å². The molecule has 0 aromatic heterocycles. The fraction of sp³-hybridized carbons (Fsp3) is 0.176. The van der Waals surface area contributed by atoms with E-state index in [1.54, 1.807) is 43.3 Å². The molecule has 0 fully saturated rings. The second-order valence-corrected chi connectivity index (χ2v) is 4.81. The Morgan fingerprint density at radius 2 is 1.67 bits per heavy atom. The van der Waals surface area contributed by atoms with Crippen LogP contribution in [0.5, 0.6) is 0 Å². The van der Waals surface area contributed by atoms with Crippen molar-refractivity contribution in [3.63, 3.8) is 0 Å². The molecule has 21 heavy (non-hydrogen) atoms. The average molecular weight is 289 g/mol. The number of rotatable bonds is 2. The summed E-state index contributed by atoms with van der Waals surface area (Å²) in [6, 6.07) is 10.5. The fourth-order valence-corrected chi connectivity index (χ4v) is 2.18. The molecule has 0 saturated carbocycles. The first-order chi connectivity index (χ1) is 9.84. The highest BCUT2D eigenvalue weighted by atomic mass is 19.4. The van der Waals surface area contributed by atoms with Crippen molar-refractivity contribution in [2.24, 2.45) is 0 Å². The highest BCUT2D eigenvalue weighted by molar-refractivity contribution is 5.81. The van der Waals surface area contributed by atoms with Gasteiger partial charge in [0.15, 0.2) is 0 Å². The molecule has 0 atom stereocenters. The molecule has 4 heteroatoms. The standard InChI is InChI=1S/C17H14F3N/c1-4-12-9-10-14(16(11-12)21(2)3)13-7-5-6-8-15(13)17(18,19)20/h1,5-11H,2-3H3. The first-order valence-electron chi connectivity index (χ1n) is 6.29. The molecule has 0 aliphatic carbocycles. The van der Waals surface area contributed by atoms with Crippen LogP contribution in [0.15, 0.2) is 42.5 Å². The molecule has 0 saturated heterocycles. The minimum absolute atomic E-state index is 0.150. The number of alkyl halides is 3. The van der Waals surface area contributed by atoms with Gasteiger partial charge in [-0.2, -0.15) is 13.2 Å². The molecule has 2 aromatic rings. The normalized spacial score (nSPS) is 11.0. The van der Waals surface area contributed by atoms with Crippen LogP contribution >= 0.6 is 0 Å². The molecule has 0 amide bonds. The summed E-state index contributed by atoms with van der Waals surface area (Å²) in [7, 11) is 3.55. The van der Waals surface area contributed by atoms with E-state index >= 15 is 0 Å². The predicted octanol–water partition coefficient (Wildman–Crippen LogP) is 4.42. The lowest BCUT2D eigenvalue weighted by atomic mass is 9.96. The van der Waals surface area contributed by atoms with Gasteiger partial charge < -0.3 is 4.90 Å². The van der Waals surface area contributed by atoms with Gasteiger partial charge in [0.1, 0.15) is 0 Å². The molecule has 0 bridgehead atoms. The minimum Gasteiger partial charge on any atom is -0.377 e. The zero-order valence-electron chi connectivity index (χ0n) is 11.7. The molecule has 0 N–H and O–H groups in total. The number of hydrogen-bond acceptors (Lipinski definition) is 1. The summed E-state index contributed by atoms with van der Waals surface area (Å²) < 4.78 is 39.5. The first kappa shape index (κ1) is 15.0. The fourth-order valence-electron chi connectivity index (χ4n) is 2.18. The maximum Gasteiger partial charge on any atom is 0.417 e. The van der Waals surface area contributed by atoms with Gasteiger partial charge in [-0.1, -0.05) is 30.2 Å². The summed E-state index contributed by atoms with van der Waals surface area (Å²) in [5.41, 5.74) is 1.29. The molecule has 1 nitrogen and oxygen atoms in total. The van der Waals surface area contributed by atoms with E-state index in [2.05, 4.69) is 5.92 Å². The van der Waals surface area contributed by atoms with E-state index in [-0.39, 0.29) is 5.56 Å². The summed E-state index contributed by atoms with van der Waals surface area (Å²) in [6.07, 6.45) is 0.960. The molecular formula is C17H14F3N. The van der Waals surface area contributed by atoms with E-state index in [1.165, 1.54) is 12.1 Å². The van der Waals surface area contributed by atoms with E-state index in [1.807, 2.05) is 0 Å². The van der Waals surface area contributed by atoms with Crippen LogP contribution < -0.4 is 4.90 Å². The minimum atomic E-state index is -4.40. The molecule has 108 valence electrons. The Morgan fingerprint density at radius 1 is 1.00 bits per heavy atom. The van der Waals surface area contributed by atoms with E-state index in [0.29, 0.717) is 16.8 Å². The van der Waals surface area contributed by atoms with Crippen molar-refractivity contribution in [1.29, 1.82) is 0 Å². The van der Waals surface area contributed by atoms with Crippen molar-refractivity contribution in [2.45, 2.75) is 6.18 Å². The largest absolute Gasteiger partial charge is 0.417 e. The molecule has 0 spiro atoms. The highest BCUT2D eigenvalue weighted by Crippen LogP contribution is 2.40. The van der Waals surface area contributed by atoms with Crippen molar-refractivity contribution >= 4 is 5.69 Å². The lowest BCUT2D eigenvalue weighted by Gasteiger charge is -2.20. The first-order valence-corrected chi connectivity index (χ1v) is 6.29. The lowest BCUT2D eigenvalue weighted by molar-refractivity contribution is -0.137. The molecule has 0 radical (unpaired) electrons. The lowest BCUT2D eigenvalue weighted by Crippen LogP contribution is -2.12. The van der Waals surface area contributed by atoms with E-state index < -0.39 is 11.7 Å². The SMILES string of the molecule is C#Cc1ccc(-c2ccccc2C(F)(F)F)c(N(C)C)c1. The molecule has 2 rings (SSSR count). The van der Waals surface area contributed by atoms with Gasteiger partial charge in [-0.05, 0) is 23.8 Å². The molecule has 0 heterocycles. The van der Waals surface area contributed by atoms with Crippen molar-refractivity contribution < 1.29 is 13.2 Å². The van der Waals surface area contributed by atoms with E-state index in [0.717, 1.165) is 6.07 Å².